The summed E-state index contributed by atoms with van der Waals surface area (Å²) in [6.45, 7) is 1.92. The van der Waals surface area contributed by atoms with E-state index in [0.29, 0.717) is 15.6 Å². The predicted octanol–water partition coefficient (Wildman–Crippen LogP) is 3.24. The van der Waals surface area contributed by atoms with E-state index in [2.05, 4.69) is 15.9 Å². The van der Waals surface area contributed by atoms with Crippen LogP contribution in [0.25, 0.3) is 11.0 Å². The van der Waals surface area contributed by atoms with Crippen molar-refractivity contribution in [1.29, 1.82) is 0 Å². The molecule has 1 aromatic carbocycles. The highest BCUT2D eigenvalue weighted by atomic mass is 79.9. The number of aryl methyl sites for hydroxylation is 1. The molecule has 0 aliphatic heterocycles. The highest BCUT2D eigenvalue weighted by molar-refractivity contribution is 9.10. The van der Waals surface area contributed by atoms with Crippen molar-refractivity contribution < 1.29 is 13.2 Å². The number of halogens is 3. The van der Waals surface area contributed by atoms with Gasteiger partial charge in [-0.1, -0.05) is 0 Å². The highest BCUT2D eigenvalue weighted by Gasteiger charge is 2.19. The third kappa shape index (κ3) is 1.46. The molecule has 0 fully saturated rings. The summed E-state index contributed by atoms with van der Waals surface area (Å²) in [5.41, 5.74) is 6.08. The lowest BCUT2D eigenvalue weighted by Crippen LogP contribution is -1.95. The Balaban J connectivity index is 2.93. The molecule has 0 amide bonds. The molecule has 1 heterocycles. The van der Waals surface area contributed by atoms with Gasteiger partial charge in [0.15, 0.2) is 11.4 Å². The normalized spacial score (nSPS) is 11.3. The second-order valence-corrected chi connectivity index (χ2v) is 4.07. The van der Waals surface area contributed by atoms with E-state index in [1.165, 1.54) is 0 Å². The molecule has 80 valence electrons. The van der Waals surface area contributed by atoms with E-state index in [4.69, 9.17) is 10.2 Å². The zero-order valence-electron chi connectivity index (χ0n) is 7.90. The van der Waals surface area contributed by atoms with Gasteiger partial charge in [0.25, 0.3) is 0 Å². The van der Waals surface area contributed by atoms with Crippen LogP contribution in [-0.4, -0.2) is 0 Å². The monoisotopic (exact) mass is 275 g/mol. The van der Waals surface area contributed by atoms with Crippen molar-refractivity contribution in [3.05, 3.63) is 33.5 Å². The zero-order chi connectivity index (χ0) is 11.2. The topological polar surface area (TPSA) is 39.2 Å². The molecule has 15 heavy (non-hydrogen) atoms. The number of rotatable bonds is 1. The molecule has 0 saturated carbocycles. The quantitative estimate of drug-likeness (QED) is 0.812. The molecule has 0 saturated heterocycles. The zero-order valence-corrected chi connectivity index (χ0v) is 9.49. The minimum Gasteiger partial charge on any atom is -0.456 e. The Morgan fingerprint density at radius 3 is 2.73 bits per heavy atom. The van der Waals surface area contributed by atoms with Crippen LogP contribution in [0.5, 0.6) is 0 Å². The van der Waals surface area contributed by atoms with Gasteiger partial charge in [0.2, 0.25) is 5.82 Å². The summed E-state index contributed by atoms with van der Waals surface area (Å²) in [5, 5.41) is 0.536. The Morgan fingerprint density at radius 1 is 1.47 bits per heavy atom. The van der Waals surface area contributed by atoms with Gasteiger partial charge in [-0.15, -0.1) is 0 Å². The maximum atomic E-state index is 13.4. The van der Waals surface area contributed by atoms with E-state index in [0.717, 1.165) is 11.6 Å². The number of furan rings is 1. The molecule has 0 aliphatic rings. The van der Waals surface area contributed by atoms with Crippen molar-refractivity contribution in [2.24, 2.45) is 5.73 Å². The summed E-state index contributed by atoms with van der Waals surface area (Å²) in [7, 11) is 0. The van der Waals surface area contributed by atoms with E-state index < -0.39 is 11.6 Å². The first-order valence-corrected chi connectivity index (χ1v) is 5.11. The Bertz CT molecular complexity index is 536. The fraction of sp³-hybridized carbons (Fsp3) is 0.200. The lowest BCUT2D eigenvalue weighted by molar-refractivity contribution is 0.478. The lowest BCUT2D eigenvalue weighted by atomic mass is 10.1. The van der Waals surface area contributed by atoms with Crippen LogP contribution in [-0.2, 0) is 6.54 Å². The van der Waals surface area contributed by atoms with Gasteiger partial charge in [-0.25, -0.2) is 4.39 Å². The average Bonchev–Trinajstić information content (AvgIpc) is 2.53. The Morgan fingerprint density at radius 2 is 2.13 bits per heavy atom. The van der Waals surface area contributed by atoms with Crippen molar-refractivity contribution in [2.75, 3.05) is 0 Å². The van der Waals surface area contributed by atoms with Gasteiger partial charge < -0.3 is 10.2 Å². The van der Waals surface area contributed by atoms with Crippen molar-refractivity contribution in [1.82, 2.24) is 0 Å². The Labute approximate surface area is 93.2 Å². The number of nitrogens with two attached hydrogens (primary N) is 1. The molecular formula is C10H8BrF2NO. The van der Waals surface area contributed by atoms with E-state index in [9.17, 15) is 8.78 Å². The maximum absolute atomic E-state index is 13.4. The fourth-order valence-corrected chi connectivity index (χ4v) is 2.23. The summed E-state index contributed by atoms with van der Waals surface area (Å²) < 4.78 is 32.1. The van der Waals surface area contributed by atoms with E-state index in [-0.39, 0.29) is 12.1 Å². The first kappa shape index (κ1) is 10.6. The molecule has 1 aromatic heterocycles. The van der Waals surface area contributed by atoms with Crippen LogP contribution in [0, 0.1) is 18.6 Å². The molecule has 2 N–H and O–H groups in total. The molecule has 0 bridgehead atoms. The van der Waals surface area contributed by atoms with Crippen LogP contribution >= 0.6 is 15.9 Å². The Kier molecular flexibility index (Phi) is 2.52. The van der Waals surface area contributed by atoms with Crippen LogP contribution in [0.2, 0.25) is 0 Å². The van der Waals surface area contributed by atoms with Gasteiger partial charge in [-0.3, -0.25) is 0 Å². The molecule has 2 nitrogen and oxygen atoms in total. The van der Waals surface area contributed by atoms with Crippen molar-refractivity contribution >= 4 is 26.9 Å². The van der Waals surface area contributed by atoms with Crippen molar-refractivity contribution in [3.8, 4) is 0 Å². The average molecular weight is 276 g/mol. The first-order valence-electron chi connectivity index (χ1n) is 4.31. The largest absolute Gasteiger partial charge is 0.456 e. The molecule has 0 spiro atoms. The van der Waals surface area contributed by atoms with Gasteiger partial charge in [0, 0.05) is 15.4 Å². The van der Waals surface area contributed by atoms with Crippen LogP contribution < -0.4 is 5.73 Å². The van der Waals surface area contributed by atoms with E-state index >= 15 is 0 Å². The predicted molar refractivity (Wildman–Crippen MR) is 56.5 cm³/mol. The summed E-state index contributed by atoms with van der Waals surface area (Å²) in [6, 6.07) is 1.08. The third-order valence-corrected chi connectivity index (χ3v) is 2.96. The van der Waals surface area contributed by atoms with E-state index in [1.807, 2.05) is 0 Å². The van der Waals surface area contributed by atoms with Crippen molar-refractivity contribution in [3.63, 3.8) is 0 Å². The standard InChI is InChI=1S/C10H8BrF2NO/c1-4-7(3-14)15-10-8(4)5(11)2-6(12)9(10)13/h2H,3,14H2,1H3. The smallest absolute Gasteiger partial charge is 0.201 e. The summed E-state index contributed by atoms with van der Waals surface area (Å²) in [6.07, 6.45) is 0. The van der Waals surface area contributed by atoms with Crippen LogP contribution in [0.3, 0.4) is 0 Å². The fourth-order valence-electron chi connectivity index (χ4n) is 1.55. The molecule has 0 radical (unpaired) electrons. The number of hydrogen-bond acceptors (Lipinski definition) is 2. The highest BCUT2D eigenvalue weighted by Crippen LogP contribution is 2.34. The number of hydrogen-bond donors (Lipinski definition) is 1. The summed E-state index contributed by atoms with van der Waals surface area (Å²) in [5.74, 6) is -1.45. The molecular weight excluding hydrogens is 268 g/mol. The molecule has 2 rings (SSSR count). The second-order valence-electron chi connectivity index (χ2n) is 3.21. The number of benzene rings is 1. The minimum atomic E-state index is -0.976. The van der Waals surface area contributed by atoms with Gasteiger partial charge in [0.05, 0.1) is 6.54 Å². The van der Waals surface area contributed by atoms with E-state index in [1.54, 1.807) is 6.92 Å². The van der Waals surface area contributed by atoms with Gasteiger partial charge in [0.1, 0.15) is 5.76 Å². The molecule has 5 heteroatoms. The maximum Gasteiger partial charge on any atom is 0.201 e. The molecule has 0 atom stereocenters. The first-order chi connectivity index (χ1) is 7.06. The van der Waals surface area contributed by atoms with Gasteiger partial charge in [-0.2, -0.15) is 4.39 Å². The molecule has 0 aliphatic carbocycles. The Hall–Kier alpha value is -0.940. The summed E-state index contributed by atoms with van der Waals surface area (Å²) >= 11 is 3.17. The van der Waals surface area contributed by atoms with Crippen LogP contribution in [0.1, 0.15) is 11.3 Å². The SMILES string of the molecule is Cc1c(CN)oc2c(F)c(F)cc(Br)c12. The minimum absolute atomic E-state index is 0.0835. The van der Waals surface area contributed by atoms with Crippen LogP contribution in [0.4, 0.5) is 8.78 Å². The van der Waals surface area contributed by atoms with Crippen molar-refractivity contribution in [2.45, 2.75) is 13.5 Å². The molecule has 0 unspecified atom stereocenters. The second kappa shape index (κ2) is 3.57. The van der Waals surface area contributed by atoms with Crippen LogP contribution in [0.15, 0.2) is 15.0 Å². The summed E-state index contributed by atoms with van der Waals surface area (Å²) in [4.78, 5) is 0. The third-order valence-electron chi connectivity index (χ3n) is 2.33. The van der Waals surface area contributed by atoms with Gasteiger partial charge >= 0.3 is 0 Å². The molecule has 2 aromatic rings. The van der Waals surface area contributed by atoms with Gasteiger partial charge in [-0.05, 0) is 28.9 Å². The number of fused-ring (bicyclic) bond motifs is 1. The lowest BCUT2D eigenvalue weighted by Gasteiger charge is -1.97.